The van der Waals surface area contributed by atoms with Crippen LogP contribution < -0.4 is 0 Å². The zero-order valence-electron chi connectivity index (χ0n) is 6.62. The van der Waals surface area contributed by atoms with Crippen LogP contribution in [0.4, 0.5) is 0 Å². The second-order valence-electron chi connectivity index (χ2n) is 2.65. The third-order valence-electron chi connectivity index (χ3n) is 1.88. The van der Waals surface area contributed by atoms with E-state index in [-0.39, 0.29) is 6.54 Å². The molecule has 0 aromatic heterocycles. The molecule has 1 rings (SSSR count). The molecule has 1 saturated heterocycles. The van der Waals surface area contributed by atoms with Crippen LogP contribution in [0.2, 0.25) is 0 Å². The third-order valence-corrected chi connectivity index (χ3v) is 1.88. The average molecular weight is 159 g/mol. The van der Waals surface area contributed by atoms with Crippen molar-refractivity contribution in [2.45, 2.75) is 13.0 Å². The Kier molecular flexibility index (Phi) is 2.84. The fraction of sp³-hybridized carbons (Fsp3) is 0.857. The van der Waals surface area contributed by atoms with Crippen molar-refractivity contribution in [2.24, 2.45) is 0 Å². The van der Waals surface area contributed by atoms with Crippen molar-refractivity contribution in [1.29, 1.82) is 0 Å². The molecule has 64 valence electrons. The Morgan fingerprint density at radius 2 is 2.36 bits per heavy atom. The Morgan fingerprint density at radius 1 is 1.73 bits per heavy atom. The molecule has 0 aromatic rings. The van der Waals surface area contributed by atoms with Gasteiger partial charge in [-0.2, -0.15) is 0 Å². The van der Waals surface area contributed by atoms with E-state index in [0.29, 0.717) is 19.3 Å². The van der Waals surface area contributed by atoms with Crippen LogP contribution in [-0.2, 0) is 9.53 Å². The molecule has 1 aliphatic rings. The van der Waals surface area contributed by atoms with Crippen molar-refractivity contribution < 1.29 is 14.6 Å². The van der Waals surface area contributed by atoms with E-state index < -0.39 is 5.97 Å². The number of carboxylic acid groups (broad SMARTS) is 1. The van der Waals surface area contributed by atoms with Crippen LogP contribution in [0.5, 0.6) is 0 Å². The fourth-order valence-electron chi connectivity index (χ4n) is 1.11. The number of carboxylic acids is 1. The summed E-state index contributed by atoms with van der Waals surface area (Å²) in [6, 6.07) is 0.330. The zero-order valence-corrected chi connectivity index (χ0v) is 6.62. The molecule has 0 amide bonds. The number of hydrogen-bond acceptors (Lipinski definition) is 3. The van der Waals surface area contributed by atoms with Crippen LogP contribution in [0.1, 0.15) is 6.92 Å². The summed E-state index contributed by atoms with van der Waals surface area (Å²) in [4.78, 5) is 12.2. The highest BCUT2D eigenvalue weighted by molar-refractivity contribution is 5.69. The Bertz CT molecular complexity index is 145. The summed E-state index contributed by atoms with van der Waals surface area (Å²) in [5, 5.41) is 8.50. The van der Waals surface area contributed by atoms with Crippen LogP contribution in [0.25, 0.3) is 0 Å². The maximum absolute atomic E-state index is 10.3. The standard InChI is InChI=1S/C7H13NO3/c1-2-8(3-7(9)10)6-4-11-5-6/h6H,2-5H2,1H3,(H,9,10). The van der Waals surface area contributed by atoms with Crippen molar-refractivity contribution in [3.63, 3.8) is 0 Å². The summed E-state index contributed by atoms with van der Waals surface area (Å²) < 4.78 is 4.96. The largest absolute Gasteiger partial charge is 0.480 e. The molecule has 11 heavy (non-hydrogen) atoms. The van der Waals surface area contributed by atoms with Crippen LogP contribution >= 0.6 is 0 Å². The van der Waals surface area contributed by atoms with Crippen molar-refractivity contribution in [3.8, 4) is 0 Å². The van der Waals surface area contributed by atoms with Gasteiger partial charge in [-0.1, -0.05) is 6.92 Å². The summed E-state index contributed by atoms with van der Waals surface area (Å²) in [5.74, 6) is -0.765. The van der Waals surface area contributed by atoms with Crippen LogP contribution in [0.3, 0.4) is 0 Å². The van der Waals surface area contributed by atoms with Gasteiger partial charge in [0.1, 0.15) is 0 Å². The average Bonchev–Trinajstić information content (AvgIpc) is 1.81. The highest BCUT2D eigenvalue weighted by atomic mass is 16.5. The molecule has 1 heterocycles. The second kappa shape index (κ2) is 3.69. The molecule has 0 atom stereocenters. The Hall–Kier alpha value is -0.610. The van der Waals surface area contributed by atoms with E-state index in [4.69, 9.17) is 9.84 Å². The summed E-state index contributed by atoms with van der Waals surface area (Å²) in [6.07, 6.45) is 0. The highest BCUT2D eigenvalue weighted by Gasteiger charge is 2.25. The molecule has 0 saturated carbocycles. The SMILES string of the molecule is CCN(CC(=O)O)C1COC1. The lowest BCUT2D eigenvalue weighted by atomic mass is 10.2. The minimum absolute atomic E-state index is 0.129. The lowest BCUT2D eigenvalue weighted by molar-refractivity contribution is -0.142. The van der Waals surface area contributed by atoms with E-state index >= 15 is 0 Å². The predicted octanol–water partition coefficient (Wildman–Crippen LogP) is -0.208. The van der Waals surface area contributed by atoms with Gasteiger partial charge in [0.15, 0.2) is 0 Å². The number of carbonyl (C=O) groups is 1. The molecule has 1 N–H and O–H groups in total. The third kappa shape index (κ3) is 2.17. The van der Waals surface area contributed by atoms with E-state index in [1.807, 2.05) is 11.8 Å². The smallest absolute Gasteiger partial charge is 0.317 e. The van der Waals surface area contributed by atoms with Crippen molar-refractivity contribution in [2.75, 3.05) is 26.3 Å². The van der Waals surface area contributed by atoms with Crippen LogP contribution in [-0.4, -0.2) is 48.3 Å². The van der Waals surface area contributed by atoms with Gasteiger partial charge in [0.05, 0.1) is 25.8 Å². The van der Waals surface area contributed by atoms with E-state index in [0.717, 1.165) is 6.54 Å². The molecule has 4 nitrogen and oxygen atoms in total. The van der Waals surface area contributed by atoms with E-state index in [9.17, 15) is 4.79 Å². The minimum Gasteiger partial charge on any atom is -0.480 e. The summed E-state index contributed by atoms with van der Waals surface area (Å²) in [5.41, 5.74) is 0. The molecule has 1 aliphatic heterocycles. The summed E-state index contributed by atoms with van der Waals surface area (Å²) in [7, 11) is 0. The predicted molar refractivity (Wildman–Crippen MR) is 39.5 cm³/mol. The van der Waals surface area contributed by atoms with Gasteiger partial charge in [-0.15, -0.1) is 0 Å². The molecule has 1 fully saturated rings. The van der Waals surface area contributed by atoms with E-state index in [2.05, 4.69) is 0 Å². The quantitative estimate of drug-likeness (QED) is 0.616. The van der Waals surface area contributed by atoms with Crippen LogP contribution in [0, 0.1) is 0 Å². The lowest BCUT2D eigenvalue weighted by Crippen LogP contribution is -2.50. The van der Waals surface area contributed by atoms with Gasteiger partial charge in [-0.05, 0) is 6.54 Å². The molecular weight excluding hydrogens is 146 g/mol. The molecule has 0 aromatic carbocycles. The van der Waals surface area contributed by atoms with Crippen molar-refractivity contribution >= 4 is 5.97 Å². The summed E-state index contributed by atoms with van der Waals surface area (Å²) >= 11 is 0. The van der Waals surface area contributed by atoms with Gasteiger partial charge >= 0.3 is 5.97 Å². The number of ether oxygens (including phenoxy) is 1. The zero-order chi connectivity index (χ0) is 8.27. The van der Waals surface area contributed by atoms with Gasteiger partial charge < -0.3 is 9.84 Å². The summed E-state index contributed by atoms with van der Waals surface area (Å²) in [6.45, 7) is 4.23. The second-order valence-corrected chi connectivity index (χ2v) is 2.65. The normalized spacial score (nSPS) is 18.4. The monoisotopic (exact) mass is 159 g/mol. The maximum atomic E-state index is 10.3. The molecule has 0 spiro atoms. The van der Waals surface area contributed by atoms with Gasteiger partial charge in [-0.3, -0.25) is 9.69 Å². The van der Waals surface area contributed by atoms with E-state index in [1.54, 1.807) is 0 Å². The molecule has 0 aliphatic carbocycles. The molecule has 4 heteroatoms. The Balaban J connectivity index is 2.29. The molecule has 0 radical (unpaired) electrons. The van der Waals surface area contributed by atoms with E-state index in [1.165, 1.54) is 0 Å². The van der Waals surface area contributed by atoms with Gasteiger partial charge in [0.25, 0.3) is 0 Å². The Labute approximate surface area is 65.8 Å². The van der Waals surface area contributed by atoms with Crippen molar-refractivity contribution in [3.05, 3.63) is 0 Å². The minimum atomic E-state index is -0.765. The number of hydrogen-bond donors (Lipinski definition) is 1. The van der Waals surface area contributed by atoms with Gasteiger partial charge in [0.2, 0.25) is 0 Å². The van der Waals surface area contributed by atoms with Gasteiger partial charge in [-0.25, -0.2) is 0 Å². The first-order valence-electron chi connectivity index (χ1n) is 3.77. The first kappa shape index (κ1) is 8.49. The number of rotatable bonds is 4. The molecule has 0 bridgehead atoms. The first-order chi connectivity index (χ1) is 5.24. The van der Waals surface area contributed by atoms with Crippen molar-refractivity contribution in [1.82, 2.24) is 4.90 Å². The fourth-order valence-corrected chi connectivity index (χ4v) is 1.11. The number of likely N-dealkylation sites (N-methyl/N-ethyl adjacent to an activating group) is 1. The topological polar surface area (TPSA) is 49.8 Å². The number of aliphatic carboxylic acids is 1. The maximum Gasteiger partial charge on any atom is 0.317 e. The van der Waals surface area contributed by atoms with Gasteiger partial charge in [0, 0.05) is 0 Å². The molecular formula is C7H13NO3. The first-order valence-corrected chi connectivity index (χ1v) is 3.77. The molecule has 0 unspecified atom stereocenters. The highest BCUT2D eigenvalue weighted by Crippen LogP contribution is 2.08. The van der Waals surface area contributed by atoms with Crippen LogP contribution in [0.15, 0.2) is 0 Å². The number of nitrogens with zero attached hydrogens (tertiary/aromatic N) is 1. The Morgan fingerprint density at radius 3 is 2.64 bits per heavy atom. The lowest BCUT2D eigenvalue weighted by Gasteiger charge is -2.35.